The monoisotopic (exact) mass is 950 g/mol. The molecule has 0 atom stereocenters. The highest BCUT2D eigenvalue weighted by molar-refractivity contribution is 7.91. The molecule has 0 saturated heterocycles. The van der Waals surface area contributed by atoms with Crippen molar-refractivity contribution in [2.24, 2.45) is 10.2 Å². The molecule has 340 valence electrons. The standard InChI is InChI=1S/C43H30N6O16S2/c50-29-19-32(42(57)44-27-9-11-30-23(15-27)17-34(66(59,60)61)38(40(30)55)48-46-25-5-1-21(2-6-25)13-36(51)52)65-33(20-29)43(58)45-28-10-12-31-24(16-28)18-35(67(62,63)64)39(41(31)56)49-47-26-7-3-22(4-8-26)14-37(53)54/h1-12,15-20,46-47H,13-14H2,(H,44,57)(H,45,58)(H,51,52)(H,53,54)(H,59,60,61)(H,62,63,64)/b48-38-,49-39-. The molecule has 5 aromatic rings. The maximum Gasteiger partial charge on any atom is 0.307 e. The third-order valence-corrected chi connectivity index (χ3v) is 11.3. The number of amides is 2. The number of Topliss-reactive ketones (excluding diaryl/α,β-unsaturated/α-hetero) is 2. The van der Waals surface area contributed by atoms with Gasteiger partial charge in [-0.25, -0.2) is 0 Å². The lowest BCUT2D eigenvalue weighted by Crippen LogP contribution is -2.27. The minimum atomic E-state index is -5.07. The van der Waals surface area contributed by atoms with Crippen molar-refractivity contribution >= 4 is 102 Å². The Bertz CT molecular complexity index is 3170. The number of carboxylic acid groups (broad SMARTS) is 2. The maximum absolute atomic E-state index is 13.4. The summed E-state index contributed by atoms with van der Waals surface area (Å²) in [5, 5.41) is 30.5. The second-order valence-electron chi connectivity index (χ2n) is 14.3. The van der Waals surface area contributed by atoms with E-state index < -0.39 is 93.7 Å². The summed E-state index contributed by atoms with van der Waals surface area (Å²) in [6, 6.07) is 20.4. The number of carboxylic acids is 2. The first-order chi connectivity index (χ1) is 31.6. The number of carbonyl (C=O) groups is 6. The van der Waals surface area contributed by atoms with Crippen LogP contribution in [0.2, 0.25) is 0 Å². The van der Waals surface area contributed by atoms with Gasteiger partial charge in [-0.1, -0.05) is 24.3 Å². The molecular weight excluding hydrogens is 921 g/mol. The summed E-state index contributed by atoms with van der Waals surface area (Å²) in [5.41, 5.74) is 3.75. The fourth-order valence-corrected chi connectivity index (χ4v) is 7.82. The van der Waals surface area contributed by atoms with E-state index in [-0.39, 0.29) is 57.8 Å². The Hall–Kier alpha value is -8.71. The summed E-state index contributed by atoms with van der Waals surface area (Å²) in [5.74, 6) is -7.50. The van der Waals surface area contributed by atoms with E-state index in [4.69, 9.17) is 14.6 Å². The second-order valence-corrected chi connectivity index (χ2v) is 17.1. The largest absolute Gasteiger partial charge is 0.481 e. The number of anilines is 4. The zero-order valence-electron chi connectivity index (χ0n) is 33.7. The fraction of sp³-hybridized carbons (Fsp3) is 0.0465. The molecule has 0 saturated carbocycles. The summed E-state index contributed by atoms with van der Waals surface area (Å²) in [6.07, 6.45) is 1.34. The molecule has 24 heteroatoms. The van der Waals surface area contributed by atoms with Gasteiger partial charge in [0.05, 0.1) is 24.2 Å². The van der Waals surface area contributed by atoms with E-state index in [9.17, 15) is 59.5 Å². The first-order valence-corrected chi connectivity index (χ1v) is 21.8. The quantitative estimate of drug-likeness (QED) is 0.0571. The second kappa shape index (κ2) is 18.4. The van der Waals surface area contributed by atoms with Gasteiger partial charge in [-0.2, -0.15) is 27.0 Å². The normalized spacial score (nSPS) is 14.6. The number of hydrogen-bond acceptors (Lipinski definition) is 16. The van der Waals surface area contributed by atoms with Gasteiger partial charge < -0.3 is 25.3 Å². The Morgan fingerprint density at radius 2 is 0.881 bits per heavy atom. The van der Waals surface area contributed by atoms with Gasteiger partial charge in [0.15, 0.2) is 28.4 Å². The van der Waals surface area contributed by atoms with Crippen LogP contribution in [0.3, 0.4) is 0 Å². The number of rotatable bonds is 14. The van der Waals surface area contributed by atoms with E-state index in [2.05, 4.69) is 31.7 Å². The Morgan fingerprint density at radius 1 is 0.522 bits per heavy atom. The highest BCUT2D eigenvalue weighted by Crippen LogP contribution is 2.30. The average molecular weight is 951 g/mol. The van der Waals surface area contributed by atoms with Gasteiger partial charge in [-0.3, -0.25) is 53.5 Å². The van der Waals surface area contributed by atoms with Crippen molar-refractivity contribution in [1.82, 2.24) is 0 Å². The summed E-state index contributed by atoms with van der Waals surface area (Å²) < 4.78 is 74.9. The van der Waals surface area contributed by atoms with Crippen molar-refractivity contribution in [3.8, 4) is 0 Å². The van der Waals surface area contributed by atoms with Gasteiger partial charge in [0, 0.05) is 34.6 Å². The lowest BCUT2D eigenvalue weighted by atomic mass is 9.94. The Labute approximate surface area is 376 Å². The van der Waals surface area contributed by atoms with Crippen molar-refractivity contribution in [3.63, 3.8) is 0 Å². The minimum Gasteiger partial charge on any atom is -0.481 e. The number of hydrazone groups is 2. The number of fused-ring (bicyclic) bond motifs is 2. The molecule has 1 heterocycles. The summed E-state index contributed by atoms with van der Waals surface area (Å²) >= 11 is 0. The van der Waals surface area contributed by atoms with E-state index in [1.807, 2.05) is 0 Å². The number of ketones is 2. The average Bonchev–Trinajstić information content (AvgIpc) is 3.25. The molecule has 2 aliphatic rings. The molecular formula is C43H30N6O16S2. The predicted molar refractivity (Wildman–Crippen MR) is 239 cm³/mol. The summed E-state index contributed by atoms with van der Waals surface area (Å²) in [4.78, 5) is 86.3. The molecule has 1 aromatic heterocycles. The topological polar surface area (TPSA) is 355 Å². The van der Waals surface area contributed by atoms with Crippen LogP contribution in [0.4, 0.5) is 22.7 Å². The highest BCUT2D eigenvalue weighted by Gasteiger charge is 2.35. The van der Waals surface area contributed by atoms with Crippen molar-refractivity contribution in [1.29, 1.82) is 0 Å². The van der Waals surface area contributed by atoms with Crippen molar-refractivity contribution in [3.05, 3.63) is 162 Å². The number of nitrogens with zero attached hydrogens (tertiary/aromatic N) is 2. The molecule has 0 unspecified atom stereocenters. The highest BCUT2D eigenvalue weighted by atomic mass is 32.2. The van der Waals surface area contributed by atoms with Crippen LogP contribution in [0.1, 0.15) is 64.1 Å². The van der Waals surface area contributed by atoms with Crippen molar-refractivity contribution in [2.75, 3.05) is 21.5 Å². The molecule has 22 nitrogen and oxygen atoms in total. The van der Waals surface area contributed by atoms with Gasteiger partial charge in [-0.15, -0.1) is 0 Å². The van der Waals surface area contributed by atoms with Crippen LogP contribution in [-0.4, -0.2) is 82.9 Å². The molecule has 0 radical (unpaired) electrons. The smallest absolute Gasteiger partial charge is 0.307 e. The Balaban J connectivity index is 1.07. The fourth-order valence-electron chi connectivity index (χ4n) is 6.51. The molecule has 0 fully saturated rings. The van der Waals surface area contributed by atoms with Crippen LogP contribution in [0, 0.1) is 0 Å². The lowest BCUT2D eigenvalue weighted by molar-refractivity contribution is -0.137. The number of nitrogens with one attached hydrogen (secondary N) is 4. The van der Waals surface area contributed by atoms with E-state index in [1.165, 1.54) is 84.9 Å². The Kier molecular flexibility index (Phi) is 12.7. The predicted octanol–water partition coefficient (Wildman–Crippen LogP) is 4.18. The molecule has 0 spiro atoms. The van der Waals surface area contributed by atoms with Crippen molar-refractivity contribution in [2.45, 2.75) is 12.8 Å². The molecule has 0 aliphatic heterocycles. The van der Waals surface area contributed by atoms with Crippen LogP contribution in [0.15, 0.2) is 126 Å². The van der Waals surface area contributed by atoms with Crippen LogP contribution in [0.25, 0.3) is 12.2 Å². The molecule has 2 amide bonds. The van der Waals surface area contributed by atoms with Crippen molar-refractivity contribution < 1.29 is 69.3 Å². The zero-order valence-corrected chi connectivity index (χ0v) is 35.3. The molecule has 4 aromatic carbocycles. The third-order valence-electron chi connectivity index (χ3n) is 9.56. The van der Waals surface area contributed by atoms with Crippen LogP contribution in [0.5, 0.6) is 0 Å². The molecule has 7 rings (SSSR count). The number of carbonyl (C=O) groups excluding carboxylic acids is 4. The van der Waals surface area contributed by atoms with Gasteiger partial charge >= 0.3 is 11.9 Å². The van der Waals surface area contributed by atoms with Crippen LogP contribution < -0.4 is 26.9 Å². The van der Waals surface area contributed by atoms with Gasteiger partial charge in [-0.05, 0) is 95.1 Å². The minimum absolute atomic E-state index is 0.0588. The summed E-state index contributed by atoms with van der Waals surface area (Å²) in [7, 11) is -10.1. The van der Waals surface area contributed by atoms with E-state index >= 15 is 0 Å². The van der Waals surface area contributed by atoms with Crippen LogP contribution >= 0.6 is 0 Å². The first-order valence-electron chi connectivity index (χ1n) is 19.0. The SMILES string of the molecule is O=C(O)Cc1ccc(N/N=C2\C(=O)c3ccc(NC(=O)c4cc(=O)cc(C(=O)Nc5ccc6c(c5)C=C(S(=O)(=O)O)/C(=N/Nc5ccc(CC(=O)O)cc5)C6=O)o4)cc3C=C2S(=O)(=O)O)cc1. The zero-order chi connectivity index (χ0) is 48.4. The number of aliphatic carboxylic acids is 2. The van der Waals surface area contributed by atoms with Crippen LogP contribution in [-0.2, 0) is 42.7 Å². The van der Waals surface area contributed by atoms with E-state index in [1.54, 1.807) is 0 Å². The van der Waals surface area contributed by atoms with E-state index in [0.29, 0.717) is 11.1 Å². The number of benzene rings is 4. The van der Waals surface area contributed by atoms with E-state index in [0.717, 1.165) is 24.3 Å². The molecule has 0 bridgehead atoms. The molecule has 67 heavy (non-hydrogen) atoms. The molecule has 2 aliphatic carbocycles. The van der Waals surface area contributed by atoms with Gasteiger partial charge in [0.25, 0.3) is 32.1 Å². The number of allylic oxidation sites excluding steroid dienone is 2. The third kappa shape index (κ3) is 10.8. The number of hydrogen-bond donors (Lipinski definition) is 8. The first kappa shape index (κ1) is 46.3. The summed E-state index contributed by atoms with van der Waals surface area (Å²) in [6.45, 7) is 0. The maximum atomic E-state index is 13.4. The molecule has 8 N–H and O–H groups in total. The van der Waals surface area contributed by atoms with Gasteiger partial charge in [0.2, 0.25) is 11.6 Å². The lowest BCUT2D eigenvalue weighted by Gasteiger charge is -2.17. The van der Waals surface area contributed by atoms with Gasteiger partial charge in [0.1, 0.15) is 9.81 Å². The Morgan fingerprint density at radius 3 is 1.22 bits per heavy atom.